The molecule has 4 rings (SSSR count). The molecule has 2 aromatic carbocycles. The number of hydrogen-bond donors (Lipinski definition) is 2. The van der Waals surface area contributed by atoms with Crippen molar-refractivity contribution in [3.63, 3.8) is 0 Å². The molecule has 0 spiro atoms. The van der Waals surface area contributed by atoms with Gasteiger partial charge in [0.1, 0.15) is 11.3 Å². The first-order valence-corrected chi connectivity index (χ1v) is 10.2. The van der Waals surface area contributed by atoms with Crippen molar-refractivity contribution in [2.24, 2.45) is 0 Å². The molecule has 1 saturated heterocycles. The zero-order chi connectivity index (χ0) is 20.4. The van der Waals surface area contributed by atoms with Crippen LogP contribution in [0, 0.1) is 13.8 Å². The summed E-state index contributed by atoms with van der Waals surface area (Å²) in [4.78, 5) is 12.7. The Hall–Kier alpha value is -2.34. The fraction of sp³-hybridized carbons (Fsp3) is 0.375. The highest BCUT2D eigenvalue weighted by Crippen LogP contribution is 2.33. The highest BCUT2D eigenvalue weighted by molar-refractivity contribution is 5.87. The van der Waals surface area contributed by atoms with Gasteiger partial charge in [0.2, 0.25) is 0 Å². The van der Waals surface area contributed by atoms with Crippen molar-refractivity contribution in [1.82, 2.24) is 5.32 Å². The fourth-order valence-electron chi connectivity index (χ4n) is 4.05. The molecule has 1 aromatic heterocycles. The Morgan fingerprint density at radius 1 is 1.17 bits per heavy atom. The lowest BCUT2D eigenvalue weighted by Gasteiger charge is -2.15. The van der Waals surface area contributed by atoms with E-state index in [9.17, 15) is 9.90 Å². The van der Waals surface area contributed by atoms with Crippen LogP contribution < -0.4 is 10.9 Å². The molecule has 0 radical (unpaired) electrons. The molecule has 0 amide bonds. The second-order valence-corrected chi connectivity index (χ2v) is 7.81. The Morgan fingerprint density at radius 2 is 1.93 bits per heavy atom. The number of fused-ring (bicyclic) bond motifs is 1. The zero-order valence-corrected chi connectivity index (χ0v) is 18.2. The molecule has 3 aromatic rings. The van der Waals surface area contributed by atoms with Gasteiger partial charge in [-0.1, -0.05) is 30.3 Å². The van der Waals surface area contributed by atoms with Crippen molar-refractivity contribution in [1.29, 1.82) is 0 Å². The summed E-state index contributed by atoms with van der Waals surface area (Å²) in [6, 6.07) is 11.8. The number of phenols is 1. The number of aromatic hydroxyl groups is 1. The third-order valence-corrected chi connectivity index (χ3v) is 5.80. The fourth-order valence-corrected chi connectivity index (χ4v) is 4.05. The van der Waals surface area contributed by atoms with Crippen molar-refractivity contribution in [2.45, 2.75) is 45.8 Å². The number of rotatable bonds is 6. The number of hydrogen-bond acceptors (Lipinski definition) is 5. The van der Waals surface area contributed by atoms with Crippen molar-refractivity contribution < 1.29 is 14.3 Å². The topological polar surface area (TPSA) is 71.7 Å². The van der Waals surface area contributed by atoms with E-state index in [1.807, 2.05) is 43.3 Å². The average molecular weight is 430 g/mol. The van der Waals surface area contributed by atoms with Gasteiger partial charge in [-0.3, -0.25) is 0 Å². The normalized spacial score (nSPS) is 16.0. The maximum Gasteiger partial charge on any atom is 0.340 e. The Morgan fingerprint density at radius 3 is 2.63 bits per heavy atom. The highest BCUT2D eigenvalue weighted by atomic mass is 35.5. The SMILES string of the molecule is Cc1c(Cc2ccccc2)c(=O)oc2c(C)c(O)c(CNCC3CCCO3)cc12.Cl. The van der Waals surface area contributed by atoms with Gasteiger partial charge >= 0.3 is 5.63 Å². The lowest BCUT2D eigenvalue weighted by molar-refractivity contribution is 0.110. The minimum absolute atomic E-state index is 0. The van der Waals surface area contributed by atoms with E-state index in [1.165, 1.54) is 0 Å². The monoisotopic (exact) mass is 429 g/mol. The average Bonchev–Trinajstić information content (AvgIpc) is 3.24. The van der Waals surface area contributed by atoms with Gasteiger partial charge in [0.15, 0.2) is 0 Å². The molecule has 1 aliphatic rings. The smallest absolute Gasteiger partial charge is 0.340 e. The molecule has 0 aliphatic carbocycles. The van der Waals surface area contributed by atoms with Crippen LogP contribution in [0.25, 0.3) is 11.0 Å². The second kappa shape index (κ2) is 9.65. The van der Waals surface area contributed by atoms with Crippen LogP contribution in [0.5, 0.6) is 5.75 Å². The summed E-state index contributed by atoms with van der Waals surface area (Å²) in [6.07, 6.45) is 2.95. The summed E-state index contributed by atoms with van der Waals surface area (Å²) in [5.41, 5.74) is 4.15. The number of halogens is 1. The number of ether oxygens (including phenoxy) is 1. The largest absolute Gasteiger partial charge is 0.507 e. The molecule has 1 atom stereocenters. The van der Waals surface area contributed by atoms with Gasteiger partial charge in [0.05, 0.1) is 6.10 Å². The predicted molar refractivity (Wildman–Crippen MR) is 121 cm³/mol. The Balaban J connectivity index is 0.00000256. The third kappa shape index (κ3) is 4.53. The van der Waals surface area contributed by atoms with Gasteiger partial charge in [-0.2, -0.15) is 0 Å². The van der Waals surface area contributed by atoms with Crippen molar-refractivity contribution in [3.8, 4) is 5.75 Å². The van der Waals surface area contributed by atoms with Crippen molar-refractivity contribution in [3.05, 3.63) is 74.6 Å². The Kier molecular flexibility index (Phi) is 7.19. The summed E-state index contributed by atoms with van der Waals surface area (Å²) >= 11 is 0. The van der Waals surface area contributed by atoms with E-state index in [1.54, 1.807) is 6.92 Å². The molecule has 160 valence electrons. The van der Waals surface area contributed by atoms with Crippen LogP contribution in [0.3, 0.4) is 0 Å². The molecule has 5 nitrogen and oxygen atoms in total. The van der Waals surface area contributed by atoms with E-state index in [-0.39, 0.29) is 29.9 Å². The van der Waals surface area contributed by atoms with E-state index in [2.05, 4.69) is 5.32 Å². The summed E-state index contributed by atoms with van der Waals surface area (Å²) in [7, 11) is 0. The number of benzene rings is 2. The van der Waals surface area contributed by atoms with Crippen LogP contribution in [0.4, 0.5) is 0 Å². The van der Waals surface area contributed by atoms with E-state index >= 15 is 0 Å². The molecule has 2 N–H and O–H groups in total. The maximum absolute atomic E-state index is 12.7. The molecule has 0 saturated carbocycles. The second-order valence-electron chi connectivity index (χ2n) is 7.81. The molecular weight excluding hydrogens is 402 g/mol. The molecule has 1 fully saturated rings. The zero-order valence-electron chi connectivity index (χ0n) is 17.4. The maximum atomic E-state index is 12.7. The van der Waals surface area contributed by atoms with Crippen molar-refractivity contribution in [2.75, 3.05) is 13.2 Å². The Bertz CT molecular complexity index is 1070. The van der Waals surface area contributed by atoms with Crippen LogP contribution in [-0.2, 0) is 17.7 Å². The lowest BCUT2D eigenvalue weighted by atomic mass is 9.96. The molecule has 2 heterocycles. The predicted octanol–water partition coefficient (Wildman–Crippen LogP) is 4.40. The summed E-state index contributed by atoms with van der Waals surface area (Å²) in [6.45, 7) is 5.88. The number of aryl methyl sites for hydroxylation is 2. The van der Waals surface area contributed by atoms with Crippen molar-refractivity contribution >= 4 is 23.4 Å². The highest BCUT2D eigenvalue weighted by Gasteiger charge is 2.19. The van der Waals surface area contributed by atoms with Gasteiger partial charge in [0.25, 0.3) is 0 Å². The van der Waals surface area contributed by atoms with Gasteiger partial charge in [0, 0.05) is 48.2 Å². The molecule has 30 heavy (non-hydrogen) atoms. The quantitative estimate of drug-likeness (QED) is 0.568. The molecule has 0 bridgehead atoms. The standard InChI is InChI=1S/C24H27NO4.ClH/c1-15-20-12-18(13-25-14-19-9-6-10-28-19)22(26)16(2)23(20)29-24(27)21(15)11-17-7-4-3-5-8-17;/h3-5,7-8,12,19,25-26H,6,9-11,13-14H2,1-2H3;1H. The van der Waals surface area contributed by atoms with E-state index in [0.717, 1.165) is 48.1 Å². The molecule has 1 aliphatic heterocycles. The Labute approximate surface area is 182 Å². The minimum atomic E-state index is -0.342. The molecule has 6 heteroatoms. The molecular formula is C24H28ClNO4. The minimum Gasteiger partial charge on any atom is -0.507 e. The summed E-state index contributed by atoms with van der Waals surface area (Å²) < 4.78 is 11.3. The first-order valence-electron chi connectivity index (χ1n) is 10.2. The van der Waals surface area contributed by atoms with Gasteiger partial charge < -0.3 is 19.6 Å². The van der Waals surface area contributed by atoms with Crippen LogP contribution in [-0.4, -0.2) is 24.4 Å². The van der Waals surface area contributed by atoms with Crippen LogP contribution in [0.2, 0.25) is 0 Å². The number of nitrogens with one attached hydrogen (secondary N) is 1. The van der Waals surface area contributed by atoms with Crippen LogP contribution in [0.1, 0.15) is 40.7 Å². The summed E-state index contributed by atoms with van der Waals surface area (Å²) in [5.74, 6) is 0.177. The van der Waals surface area contributed by atoms with E-state index in [4.69, 9.17) is 9.15 Å². The van der Waals surface area contributed by atoms with Gasteiger partial charge in [-0.15, -0.1) is 12.4 Å². The van der Waals surface area contributed by atoms with Gasteiger partial charge in [-0.25, -0.2) is 4.79 Å². The van der Waals surface area contributed by atoms with E-state index < -0.39 is 0 Å². The lowest BCUT2D eigenvalue weighted by Crippen LogP contribution is -2.25. The van der Waals surface area contributed by atoms with Crippen LogP contribution >= 0.6 is 12.4 Å². The summed E-state index contributed by atoms with van der Waals surface area (Å²) in [5, 5.41) is 14.9. The first kappa shape index (κ1) is 22.3. The molecule has 1 unspecified atom stereocenters. The number of phenolic OH excluding ortho intramolecular Hbond substituents is 1. The third-order valence-electron chi connectivity index (χ3n) is 5.80. The van der Waals surface area contributed by atoms with Crippen LogP contribution in [0.15, 0.2) is 45.6 Å². The van der Waals surface area contributed by atoms with E-state index in [0.29, 0.717) is 29.7 Å². The first-order chi connectivity index (χ1) is 14.0. The van der Waals surface area contributed by atoms with Gasteiger partial charge in [-0.05, 0) is 43.9 Å².